The minimum absolute atomic E-state index is 0.191. The van der Waals surface area contributed by atoms with E-state index in [1.165, 1.54) is 0 Å². The van der Waals surface area contributed by atoms with Crippen molar-refractivity contribution in [1.29, 1.82) is 0 Å². The largest absolute Gasteiger partial charge is 0.506 e. The molecule has 0 spiro atoms. The first-order chi connectivity index (χ1) is 33.3. The zero-order chi connectivity index (χ0) is 52.8. The van der Waals surface area contributed by atoms with Crippen molar-refractivity contribution in [3.8, 4) is 34.5 Å². The first-order valence-electron chi connectivity index (χ1n) is 20.9. The fourth-order valence-corrected chi connectivity index (χ4v) is 13.6. The Hall–Kier alpha value is -0.390. The van der Waals surface area contributed by atoms with Gasteiger partial charge in [-0.15, -0.1) is 11.6 Å². The number of benzene rings is 4. The molecule has 2 saturated heterocycles. The molecular weight excluding hydrogens is 1860 g/mol. The maximum Gasteiger partial charge on any atom is 0.410 e. The lowest BCUT2D eigenvalue weighted by Crippen LogP contribution is -2.41. The van der Waals surface area contributed by atoms with Crippen molar-refractivity contribution in [2.75, 3.05) is 25.7 Å². The molecular formula is C46H47ClI8N2O14. The highest BCUT2D eigenvalue weighted by Gasteiger charge is 2.26. The third-order valence-corrected chi connectivity index (χ3v) is 16.1. The molecule has 16 nitrogen and oxygen atoms in total. The van der Waals surface area contributed by atoms with Crippen LogP contribution in [-0.2, 0) is 50.9 Å². The highest BCUT2D eigenvalue weighted by atomic mass is 127. The van der Waals surface area contributed by atoms with Crippen LogP contribution in [0.1, 0.15) is 52.7 Å². The van der Waals surface area contributed by atoms with Crippen molar-refractivity contribution in [3.63, 3.8) is 0 Å². The zero-order valence-corrected chi connectivity index (χ0v) is 56.5. The van der Waals surface area contributed by atoms with Crippen molar-refractivity contribution in [3.05, 3.63) is 88.2 Å². The molecule has 4 aromatic carbocycles. The van der Waals surface area contributed by atoms with Crippen LogP contribution in [0.2, 0.25) is 0 Å². The van der Waals surface area contributed by atoms with Crippen molar-refractivity contribution in [2.45, 2.75) is 90.2 Å². The van der Waals surface area contributed by atoms with Crippen LogP contribution < -0.4 is 24.8 Å². The van der Waals surface area contributed by atoms with Gasteiger partial charge in [0, 0.05) is 27.1 Å². The third kappa shape index (κ3) is 23.4. The molecule has 2 fully saturated rings. The topological polar surface area (TPSA) is 202 Å². The van der Waals surface area contributed by atoms with Gasteiger partial charge in [0.05, 0.1) is 39.5 Å². The Balaban J connectivity index is 0.000000282. The molecule has 3 N–H and O–H groups in total. The standard InChI is InChI=1S/C23H23I4NO7.C20H19I4NO6.C3H5ClO/c1-23(2,3)35-22(30)28-20(33-11-29)8-15-16(24)4-12(5-17(15)25)34-13-6-18(26)21(19(27)7-13)32-10-14-9-31-14;1-20(2,3)31-19(28)25-17(29-9-26)8-12-13(21)4-10(5-14(12)22)30-11-6-15(23)18(27)16(24)7-11;4-1-3-2-5-3/h4-7,11,14,20H,8-10H2,1-3H3,(H,28,30);4-7,9,17,27H,8H2,1-3H3,(H,25,28);3H,1-2H2. The number of amides is 2. The fourth-order valence-electron chi connectivity index (χ4n) is 5.42. The molecule has 0 bridgehead atoms. The molecule has 0 saturated carbocycles. The molecule has 2 aliphatic heterocycles. The number of alkyl carbamates (subject to hydrolysis) is 2. The summed E-state index contributed by atoms with van der Waals surface area (Å²) in [6, 6.07) is 14.9. The SMILES string of the molecule is CC(C)(C)OC(=O)NC(Cc1c(I)cc(Oc2cc(I)c(O)c(I)c2)cc1I)OC=O.CC(C)(C)OC(=O)NC(Cc1c(I)cc(Oc2cc(I)c(OCC3CO3)c(I)c2)cc1I)OC=O.ClCC1CO1. The number of epoxide rings is 2. The van der Waals surface area contributed by atoms with Gasteiger partial charge in [0.1, 0.15) is 58.4 Å². The highest BCUT2D eigenvalue weighted by Crippen LogP contribution is 2.37. The predicted molar refractivity (Wildman–Crippen MR) is 333 cm³/mol. The van der Waals surface area contributed by atoms with Crippen molar-refractivity contribution in [2.24, 2.45) is 0 Å². The number of nitrogens with one attached hydrogen (secondary N) is 2. The number of carbonyl (C=O) groups excluding carboxylic acids is 4. The van der Waals surface area contributed by atoms with Crippen LogP contribution in [-0.4, -0.2) is 91.8 Å². The number of aromatic hydroxyl groups is 1. The lowest BCUT2D eigenvalue weighted by molar-refractivity contribution is -0.135. The summed E-state index contributed by atoms with van der Waals surface area (Å²) in [6.07, 6.45) is -1.93. The van der Waals surface area contributed by atoms with Gasteiger partial charge in [0.2, 0.25) is 0 Å². The summed E-state index contributed by atoms with van der Waals surface area (Å²) in [6.45, 7) is 13.3. The van der Waals surface area contributed by atoms with E-state index in [0.717, 1.165) is 51.5 Å². The molecule has 6 rings (SSSR count). The number of phenols is 1. The van der Waals surface area contributed by atoms with E-state index in [-0.39, 0.29) is 24.7 Å². The summed E-state index contributed by atoms with van der Waals surface area (Å²) in [5, 5.41) is 15.1. The molecule has 4 atom stereocenters. The number of hydrogen-bond donors (Lipinski definition) is 3. The van der Waals surface area contributed by atoms with E-state index >= 15 is 0 Å². The van der Waals surface area contributed by atoms with Gasteiger partial charge in [-0.1, -0.05) is 0 Å². The average molecular weight is 1900 g/mol. The lowest BCUT2D eigenvalue weighted by Gasteiger charge is -2.23. The quantitative estimate of drug-likeness (QED) is 0.0212. The number of carbonyl (C=O) groups is 4. The Morgan fingerprint density at radius 3 is 1.23 bits per heavy atom. The number of hydrogen-bond acceptors (Lipinski definition) is 14. The Bertz CT molecular complexity index is 2410. The smallest absolute Gasteiger partial charge is 0.410 e. The maximum absolute atomic E-state index is 12.1. The van der Waals surface area contributed by atoms with E-state index in [1.807, 2.05) is 36.4 Å². The number of phenolic OH excluding ortho intramolecular Hbond substituents is 1. The van der Waals surface area contributed by atoms with Gasteiger partial charge in [-0.2, -0.15) is 0 Å². The van der Waals surface area contributed by atoms with Gasteiger partial charge in [-0.25, -0.2) is 9.59 Å². The van der Waals surface area contributed by atoms with E-state index in [0.29, 0.717) is 61.7 Å². The predicted octanol–water partition coefficient (Wildman–Crippen LogP) is 13.0. The Kier molecular flexibility index (Phi) is 26.6. The molecule has 2 heterocycles. The minimum Gasteiger partial charge on any atom is -0.506 e. The second-order valence-electron chi connectivity index (χ2n) is 16.9. The van der Waals surface area contributed by atoms with Crippen molar-refractivity contribution < 1.29 is 66.9 Å². The molecule has 388 valence electrons. The average Bonchev–Trinajstić information content (AvgIpc) is 4.18. The molecule has 0 aromatic heterocycles. The molecule has 25 heteroatoms. The van der Waals surface area contributed by atoms with E-state index in [9.17, 15) is 24.3 Å². The van der Waals surface area contributed by atoms with Gasteiger partial charge >= 0.3 is 12.2 Å². The third-order valence-electron chi connectivity index (χ3n) is 8.63. The van der Waals surface area contributed by atoms with E-state index in [4.69, 9.17) is 54.2 Å². The first kappa shape index (κ1) is 63.1. The van der Waals surface area contributed by atoms with Gasteiger partial charge in [-0.3, -0.25) is 20.2 Å². The van der Waals surface area contributed by atoms with Crippen molar-refractivity contribution in [1.82, 2.24) is 10.6 Å². The Morgan fingerprint density at radius 1 is 0.620 bits per heavy atom. The van der Waals surface area contributed by atoms with Crippen LogP contribution in [0.25, 0.3) is 0 Å². The summed E-state index contributed by atoms with van der Waals surface area (Å²) >= 11 is 22.6. The van der Waals surface area contributed by atoms with Crippen LogP contribution in [0.15, 0.2) is 48.5 Å². The summed E-state index contributed by atoms with van der Waals surface area (Å²) in [7, 11) is 0. The van der Waals surface area contributed by atoms with E-state index in [2.05, 4.69) is 191 Å². The first-order valence-corrected chi connectivity index (χ1v) is 30.0. The monoisotopic (exact) mass is 1900 g/mol. The Morgan fingerprint density at radius 2 is 0.944 bits per heavy atom. The summed E-state index contributed by atoms with van der Waals surface area (Å²) in [5.74, 6) is 4.32. The van der Waals surface area contributed by atoms with Crippen LogP contribution in [0, 0.1) is 28.6 Å². The molecule has 2 amide bonds. The van der Waals surface area contributed by atoms with E-state index in [1.54, 1.807) is 53.7 Å². The maximum atomic E-state index is 12.1. The van der Waals surface area contributed by atoms with Crippen molar-refractivity contribution >= 4 is 217 Å². The summed E-state index contributed by atoms with van der Waals surface area (Å²) in [5.41, 5.74) is 0.480. The zero-order valence-electron chi connectivity index (χ0n) is 38.5. The summed E-state index contributed by atoms with van der Waals surface area (Å²) < 4.78 is 55.5. The molecule has 0 radical (unpaired) electrons. The summed E-state index contributed by atoms with van der Waals surface area (Å²) in [4.78, 5) is 46.1. The van der Waals surface area contributed by atoms with Crippen LogP contribution >= 0.6 is 192 Å². The van der Waals surface area contributed by atoms with Gasteiger partial charge in [0.25, 0.3) is 12.9 Å². The molecule has 4 unspecified atom stereocenters. The molecule has 4 aromatic rings. The second-order valence-corrected chi connectivity index (χ2v) is 26.5. The number of alkyl halides is 1. The fraction of sp³-hybridized carbons (Fsp3) is 0.391. The van der Waals surface area contributed by atoms with Crippen LogP contribution in [0.4, 0.5) is 9.59 Å². The van der Waals surface area contributed by atoms with Crippen LogP contribution in [0.3, 0.4) is 0 Å². The number of ether oxygens (including phenoxy) is 9. The molecule has 2 aliphatic rings. The normalized spacial score (nSPS) is 15.4. The number of rotatable bonds is 18. The van der Waals surface area contributed by atoms with Crippen LogP contribution in [0.5, 0.6) is 34.5 Å². The molecule has 0 aliphatic carbocycles. The van der Waals surface area contributed by atoms with Gasteiger partial charge < -0.3 is 47.7 Å². The lowest BCUT2D eigenvalue weighted by atomic mass is 10.1. The molecule has 71 heavy (non-hydrogen) atoms. The second kappa shape index (κ2) is 29.9. The van der Waals surface area contributed by atoms with E-state index < -0.39 is 35.8 Å². The minimum atomic E-state index is -0.874. The highest BCUT2D eigenvalue weighted by molar-refractivity contribution is 14.1. The Labute approximate surface area is 526 Å². The van der Waals surface area contributed by atoms with Gasteiger partial charge in [-0.05, 0) is 282 Å². The number of halogens is 9. The van der Waals surface area contributed by atoms with Gasteiger partial charge in [0.15, 0.2) is 12.5 Å².